The third-order valence-electron chi connectivity index (χ3n) is 3.25. The molecule has 0 bridgehead atoms. The van der Waals surface area contributed by atoms with E-state index in [1.807, 2.05) is 12.1 Å². The molecule has 0 radical (unpaired) electrons. The number of pyridine rings is 1. The number of amides is 1. The van der Waals surface area contributed by atoms with Gasteiger partial charge in [0.1, 0.15) is 6.54 Å². The number of piperidine rings is 1. The molecule has 0 aliphatic carbocycles. The predicted octanol–water partition coefficient (Wildman–Crippen LogP) is 0.961. The molecule has 2 heterocycles. The van der Waals surface area contributed by atoms with Gasteiger partial charge in [-0.05, 0) is 30.0 Å². The van der Waals surface area contributed by atoms with Gasteiger partial charge >= 0.3 is 5.97 Å². The van der Waals surface area contributed by atoms with E-state index in [9.17, 15) is 9.59 Å². The number of carbonyl (C=O) groups excluding carboxylic acids is 2. The number of likely N-dealkylation sites (tertiary alicyclic amines) is 1. The molecule has 0 N–H and O–H groups in total. The monoisotopic (exact) mass is 248 g/mol. The van der Waals surface area contributed by atoms with Crippen LogP contribution in [0, 0.1) is 0 Å². The first-order valence-corrected chi connectivity index (χ1v) is 5.95. The number of esters is 1. The van der Waals surface area contributed by atoms with Crippen LogP contribution in [-0.2, 0) is 14.3 Å². The lowest BCUT2D eigenvalue weighted by Gasteiger charge is -2.31. The van der Waals surface area contributed by atoms with Gasteiger partial charge in [-0.25, -0.2) is 0 Å². The van der Waals surface area contributed by atoms with Crippen LogP contribution >= 0.6 is 0 Å². The molecule has 1 atom stereocenters. The van der Waals surface area contributed by atoms with E-state index >= 15 is 0 Å². The summed E-state index contributed by atoms with van der Waals surface area (Å²) in [6, 6.07) is 3.88. The highest BCUT2D eigenvalue weighted by Crippen LogP contribution is 2.28. The van der Waals surface area contributed by atoms with E-state index in [4.69, 9.17) is 0 Å². The maximum Gasteiger partial charge on any atom is 0.325 e. The first-order valence-electron chi connectivity index (χ1n) is 5.95. The summed E-state index contributed by atoms with van der Waals surface area (Å²) >= 11 is 0. The molecule has 1 aliphatic rings. The van der Waals surface area contributed by atoms with Crippen molar-refractivity contribution in [2.45, 2.75) is 18.8 Å². The normalized spacial score (nSPS) is 19.7. The van der Waals surface area contributed by atoms with Gasteiger partial charge < -0.3 is 9.64 Å². The van der Waals surface area contributed by atoms with Gasteiger partial charge in [0.2, 0.25) is 5.91 Å². The Morgan fingerprint density at radius 2 is 2.22 bits per heavy atom. The van der Waals surface area contributed by atoms with Gasteiger partial charge in [0, 0.05) is 25.4 Å². The van der Waals surface area contributed by atoms with Crippen molar-refractivity contribution in [3.8, 4) is 0 Å². The number of aromatic nitrogens is 1. The maximum atomic E-state index is 11.9. The predicted molar refractivity (Wildman–Crippen MR) is 64.8 cm³/mol. The topological polar surface area (TPSA) is 59.5 Å². The zero-order chi connectivity index (χ0) is 13.0. The average molecular weight is 248 g/mol. The van der Waals surface area contributed by atoms with Crippen LogP contribution < -0.4 is 0 Å². The Labute approximate surface area is 106 Å². The van der Waals surface area contributed by atoms with E-state index in [0.717, 1.165) is 12.0 Å². The van der Waals surface area contributed by atoms with Crippen molar-refractivity contribution in [2.24, 2.45) is 0 Å². The first-order chi connectivity index (χ1) is 8.70. The molecule has 2 rings (SSSR count). The van der Waals surface area contributed by atoms with Crippen molar-refractivity contribution in [3.63, 3.8) is 0 Å². The van der Waals surface area contributed by atoms with Gasteiger partial charge in [0.25, 0.3) is 0 Å². The Kier molecular flexibility index (Phi) is 3.92. The van der Waals surface area contributed by atoms with Crippen LogP contribution in [0.4, 0.5) is 0 Å². The molecule has 5 heteroatoms. The van der Waals surface area contributed by atoms with Gasteiger partial charge in [-0.2, -0.15) is 0 Å². The van der Waals surface area contributed by atoms with E-state index < -0.39 is 0 Å². The zero-order valence-corrected chi connectivity index (χ0v) is 10.3. The van der Waals surface area contributed by atoms with E-state index in [0.29, 0.717) is 13.0 Å². The van der Waals surface area contributed by atoms with Gasteiger partial charge in [0.15, 0.2) is 0 Å². The summed E-state index contributed by atoms with van der Waals surface area (Å²) in [6.07, 6.45) is 4.79. The van der Waals surface area contributed by atoms with Crippen molar-refractivity contribution in [2.75, 3.05) is 20.2 Å². The molecule has 1 unspecified atom stereocenters. The van der Waals surface area contributed by atoms with Crippen molar-refractivity contribution < 1.29 is 14.3 Å². The zero-order valence-electron chi connectivity index (χ0n) is 10.3. The minimum absolute atomic E-state index is 0.00784. The lowest BCUT2D eigenvalue weighted by molar-refractivity contribution is -0.148. The summed E-state index contributed by atoms with van der Waals surface area (Å²) in [7, 11) is 1.33. The fourth-order valence-corrected chi connectivity index (χ4v) is 2.19. The lowest BCUT2D eigenvalue weighted by atomic mass is 9.89. The number of hydrogen-bond donors (Lipinski definition) is 0. The van der Waals surface area contributed by atoms with Crippen LogP contribution in [-0.4, -0.2) is 42.0 Å². The molecular formula is C13H16N2O3. The van der Waals surface area contributed by atoms with Crippen molar-refractivity contribution in [3.05, 3.63) is 30.1 Å². The second-order valence-electron chi connectivity index (χ2n) is 4.36. The Morgan fingerprint density at radius 1 is 1.50 bits per heavy atom. The third-order valence-corrected chi connectivity index (χ3v) is 3.25. The lowest BCUT2D eigenvalue weighted by Crippen LogP contribution is -2.41. The molecule has 1 amide bonds. The molecule has 0 spiro atoms. The number of rotatable bonds is 3. The second-order valence-corrected chi connectivity index (χ2v) is 4.36. The molecule has 1 saturated heterocycles. The maximum absolute atomic E-state index is 11.9. The number of nitrogens with zero attached hydrogens (tertiary/aromatic N) is 2. The van der Waals surface area contributed by atoms with Gasteiger partial charge in [0.05, 0.1) is 7.11 Å². The molecule has 96 valence electrons. The van der Waals surface area contributed by atoms with E-state index in [1.165, 1.54) is 7.11 Å². The Morgan fingerprint density at radius 3 is 2.83 bits per heavy atom. The summed E-state index contributed by atoms with van der Waals surface area (Å²) < 4.78 is 4.57. The third kappa shape index (κ3) is 2.85. The smallest absolute Gasteiger partial charge is 0.325 e. The Balaban J connectivity index is 1.96. The molecule has 18 heavy (non-hydrogen) atoms. The van der Waals surface area contributed by atoms with Crippen molar-refractivity contribution in [1.82, 2.24) is 9.88 Å². The number of ether oxygens (including phenoxy) is 1. The highest BCUT2D eigenvalue weighted by molar-refractivity contribution is 5.83. The first kappa shape index (κ1) is 12.5. The van der Waals surface area contributed by atoms with Crippen LogP contribution in [0.25, 0.3) is 0 Å². The Hall–Kier alpha value is -1.91. The highest BCUT2D eigenvalue weighted by Gasteiger charge is 2.28. The fraction of sp³-hybridized carbons (Fsp3) is 0.462. The molecule has 0 saturated carbocycles. The van der Waals surface area contributed by atoms with Crippen molar-refractivity contribution in [1.29, 1.82) is 0 Å². The molecule has 1 aromatic rings. The summed E-state index contributed by atoms with van der Waals surface area (Å²) in [4.78, 5) is 28.6. The summed E-state index contributed by atoms with van der Waals surface area (Å²) in [5.41, 5.74) is 1.14. The Bertz CT molecular complexity index is 433. The number of hydrogen-bond acceptors (Lipinski definition) is 4. The average Bonchev–Trinajstić information content (AvgIpc) is 2.42. The second kappa shape index (κ2) is 5.62. The molecule has 1 aliphatic heterocycles. The molecule has 1 aromatic heterocycles. The van der Waals surface area contributed by atoms with E-state index in [-0.39, 0.29) is 24.3 Å². The summed E-state index contributed by atoms with van der Waals surface area (Å²) in [5.74, 6) is -0.131. The van der Waals surface area contributed by atoms with Crippen LogP contribution in [0.3, 0.4) is 0 Å². The number of methoxy groups -OCH3 is 1. The summed E-state index contributed by atoms with van der Waals surface area (Å²) in [6.45, 7) is 0.652. The van der Waals surface area contributed by atoms with E-state index in [1.54, 1.807) is 17.3 Å². The SMILES string of the molecule is COC(=O)CN1CCC(c2ccncc2)CC1=O. The molecule has 5 nitrogen and oxygen atoms in total. The number of carbonyl (C=O) groups is 2. The van der Waals surface area contributed by atoms with Crippen LogP contribution in [0.1, 0.15) is 24.3 Å². The molecular weight excluding hydrogens is 232 g/mol. The standard InChI is InChI=1S/C13H16N2O3/c1-18-13(17)9-15-7-4-11(8-12(15)16)10-2-5-14-6-3-10/h2-3,5-6,11H,4,7-9H2,1H3. The highest BCUT2D eigenvalue weighted by atomic mass is 16.5. The van der Waals surface area contributed by atoms with Gasteiger partial charge in [-0.3, -0.25) is 14.6 Å². The minimum atomic E-state index is -0.370. The fourth-order valence-electron chi connectivity index (χ4n) is 2.19. The quantitative estimate of drug-likeness (QED) is 0.748. The molecule has 1 fully saturated rings. The molecule has 0 aromatic carbocycles. The van der Waals surface area contributed by atoms with Crippen LogP contribution in [0.15, 0.2) is 24.5 Å². The van der Waals surface area contributed by atoms with E-state index in [2.05, 4.69) is 9.72 Å². The van der Waals surface area contributed by atoms with Crippen LogP contribution in [0.5, 0.6) is 0 Å². The minimum Gasteiger partial charge on any atom is -0.468 e. The van der Waals surface area contributed by atoms with Crippen LogP contribution in [0.2, 0.25) is 0 Å². The summed E-state index contributed by atoms with van der Waals surface area (Å²) in [5, 5.41) is 0. The van der Waals surface area contributed by atoms with Crippen molar-refractivity contribution >= 4 is 11.9 Å². The largest absolute Gasteiger partial charge is 0.468 e. The van der Waals surface area contributed by atoms with Gasteiger partial charge in [-0.1, -0.05) is 0 Å². The van der Waals surface area contributed by atoms with Gasteiger partial charge in [-0.15, -0.1) is 0 Å².